The summed E-state index contributed by atoms with van der Waals surface area (Å²) in [4.78, 5) is 10.4. The minimum absolute atomic E-state index is 0.0363. The van der Waals surface area contributed by atoms with E-state index in [4.69, 9.17) is 5.11 Å². The van der Waals surface area contributed by atoms with Crippen LogP contribution in [0.5, 0.6) is 0 Å². The number of aliphatic carboxylic acids is 1. The molecule has 0 rings (SSSR count). The van der Waals surface area contributed by atoms with Crippen molar-refractivity contribution in [2.24, 2.45) is 5.92 Å². The third-order valence-electron chi connectivity index (χ3n) is 1.56. The maximum atomic E-state index is 10.8. The summed E-state index contributed by atoms with van der Waals surface area (Å²) in [5.41, 5.74) is 0. The number of carboxylic acids is 1. The van der Waals surface area contributed by atoms with Crippen molar-refractivity contribution in [2.45, 2.75) is 26.3 Å². The summed E-state index contributed by atoms with van der Waals surface area (Å²) >= 11 is 0. The van der Waals surface area contributed by atoms with Gasteiger partial charge in [0, 0.05) is 6.04 Å². The second-order valence-electron chi connectivity index (χ2n) is 3.34. The molecular weight excluding hydrogens is 194 g/mol. The lowest BCUT2D eigenvalue weighted by Crippen LogP contribution is -2.39. The Labute approximate surface area is 78.2 Å². The number of carboxylic acid groups (broad SMARTS) is 1. The monoisotopic (exact) mass is 209 g/mol. The van der Waals surface area contributed by atoms with Gasteiger partial charge in [-0.15, -0.1) is 0 Å². The zero-order chi connectivity index (χ0) is 10.6. The van der Waals surface area contributed by atoms with Crippen molar-refractivity contribution >= 4 is 16.0 Å². The molecule has 0 heterocycles. The van der Waals surface area contributed by atoms with Crippen LogP contribution in [0.2, 0.25) is 0 Å². The van der Waals surface area contributed by atoms with Crippen LogP contribution < -0.4 is 4.72 Å². The van der Waals surface area contributed by atoms with E-state index in [0.717, 1.165) is 6.26 Å². The molecule has 0 amide bonds. The average molecular weight is 209 g/mol. The quantitative estimate of drug-likeness (QED) is 0.669. The molecule has 0 aromatic rings. The summed E-state index contributed by atoms with van der Waals surface area (Å²) in [7, 11) is -3.33. The maximum absolute atomic E-state index is 10.8. The van der Waals surface area contributed by atoms with Crippen LogP contribution in [0.25, 0.3) is 0 Å². The molecule has 0 saturated carbocycles. The van der Waals surface area contributed by atoms with Crippen molar-refractivity contribution < 1.29 is 18.3 Å². The predicted octanol–water partition coefficient (Wildman–Crippen LogP) is 0.0349. The summed E-state index contributed by atoms with van der Waals surface area (Å²) in [6.45, 7) is 3.54. The number of carbonyl (C=O) groups is 1. The van der Waals surface area contributed by atoms with Crippen LogP contribution in [0.4, 0.5) is 0 Å². The molecule has 0 aromatic carbocycles. The van der Waals surface area contributed by atoms with Crippen LogP contribution in [0, 0.1) is 5.92 Å². The zero-order valence-electron chi connectivity index (χ0n) is 7.94. The van der Waals surface area contributed by atoms with Gasteiger partial charge in [0.05, 0.1) is 12.7 Å². The normalized spacial score (nSPS) is 14.5. The van der Waals surface area contributed by atoms with E-state index in [1.807, 2.05) is 0 Å². The van der Waals surface area contributed by atoms with Crippen molar-refractivity contribution in [3.05, 3.63) is 0 Å². The lowest BCUT2D eigenvalue weighted by atomic mass is 10.0. The second kappa shape index (κ2) is 4.57. The average Bonchev–Trinajstić information content (AvgIpc) is 1.81. The Morgan fingerprint density at radius 1 is 1.46 bits per heavy atom. The minimum atomic E-state index is -3.33. The molecule has 0 aliphatic heterocycles. The Morgan fingerprint density at radius 3 is 2.15 bits per heavy atom. The van der Waals surface area contributed by atoms with Crippen LogP contribution in [0.3, 0.4) is 0 Å². The standard InChI is InChI=1S/C7H15NO4S/c1-5(2)6(4-7(9)10)8-13(3,11)12/h5-6,8H,4H2,1-3H3,(H,9,10). The molecule has 0 saturated heterocycles. The predicted molar refractivity (Wildman–Crippen MR) is 48.9 cm³/mol. The molecule has 2 N–H and O–H groups in total. The van der Waals surface area contributed by atoms with E-state index in [2.05, 4.69) is 4.72 Å². The molecule has 0 aromatic heterocycles. The van der Waals surface area contributed by atoms with E-state index < -0.39 is 22.0 Å². The molecule has 0 radical (unpaired) electrons. The van der Waals surface area contributed by atoms with Gasteiger partial charge in [-0.2, -0.15) is 0 Å². The molecular formula is C7H15NO4S. The van der Waals surface area contributed by atoms with Crippen molar-refractivity contribution in [1.29, 1.82) is 0 Å². The summed E-state index contributed by atoms with van der Waals surface area (Å²) in [5.74, 6) is -1.04. The number of hydrogen-bond donors (Lipinski definition) is 2. The highest BCUT2D eigenvalue weighted by Gasteiger charge is 2.20. The van der Waals surface area contributed by atoms with Crippen LogP contribution in [-0.2, 0) is 14.8 Å². The largest absolute Gasteiger partial charge is 0.481 e. The molecule has 13 heavy (non-hydrogen) atoms. The van der Waals surface area contributed by atoms with E-state index in [0.29, 0.717) is 0 Å². The molecule has 0 fully saturated rings. The Kier molecular flexibility index (Phi) is 4.35. The Balaban J connectivity index is 4.36. The molecule has 78 valence electrons. The first kappa shape index (κ1) is 12.4. The van der Waals surface area contributed by atoms with Gasteiger partial charge >= 0.3 is 5.97 Å². The first-order valence-electron chi connectivity index (χ1n) is 3.91. The van der Waals surface area contributed by atoms with E-state index in [1.54, 1.807) is 13.8 Å². The first-order chi connectivity index (χ1) is 5.72. The van der Waals surface area contributed by atoms with E-state index in [9.17, 15) is 13.2 Å². The lowest BCUT2D eigenvalue weighted by molar-refractivity contribution is -0.137. The molecule has 0 spiro atoms. The highest BCUT2D eigenvalue weighted by molar-refractivity contribution is 7.88. The van der Waals surface area contributed by atoms with Crippen LogP contribution in [0.1, 0.15) is 20.3 Å². The van der Waals surface area contributed by atoms with Crippen LogP contribution in [-0.4, -0.2) is 31.8 Å². The smallest absolute Gasteiger partial charge is 0.304 e. The fourth-order valence-electron chi connectivity index (χ4n) is 0.877. The van der Waals surface area contributed by atoms with E-state index in [1.165, 1.54) is 0 Å². The lowest BCUT2D eigenvalue weighted by Gasteiger charge is -2.18. The Bertz CT molecular complexity index is 270. The van der Waals surface area contributed by atoms with Gasteiger partial charge in [0.1, 0.15) is 0 Å². The van der Waals surface area contributed by atoms with Crippen molar-refractivity contribution in [3.63, 3.8) is 0 Å². The number of hydrogen-bond acceptors (Lipinski definition) is 3. The summed E-state index contributed by atoms with van der Waals surface area (Å²) < 4.78 is 23.9. The van der Waals surface area contributed by atoms with Crippen LogP contribution >= 0.6 is 0 Å². The number of nitrogens with one attached hydrogen (secondary N) is 1. The highest BCUT2D eigenvalue weighted by Crippen LogP contribution is 2.06. The zero-order valence-corrected chi connectivity index (χ0v) is 8.76. The Morgan fingerprint density at radius 2 is 1.92 bits per heavy atom. The second-order valence-corrected chi connectivity index (χ2v) is 5.12. The van der Waals surface area contributed by atoms with Gasteiger partial charge in [-0.25, -0.2) is 13.1 Å². The molecule has 0 aliphatic carbocycles. The molecule has 0 aliphatic rings. The summed E-state index contributed by atoms with van der Waals surface area (Å²) in [6.07, 6.45) is 0.828. The number of rotatable bonds is 5. The van der Waals surface area contributed by atoms with E-state index in [-0.39, 0.29) is 12.3 Å². The third-order valence-corrected chi connectivity index (χ3v) is 2.30. The maximum Gasteiger partial charge on any atom is 0.304 e. The van der Waals surface area contributed by atoms with Crippen molar-refractivity contribution in [3.8, 4) is 0 Å². The molecule has 1 unspecified atom stereocenters. The van der Waals surface area contributed by atoms with Crippen molar-refractivity contribution in [2.75, 3.05) is 6.26 Å². The molecule has 0 bridgehead atoms. The summed E-state index contributed by atoms with van der Waals surface area (Å²) in [6, 6.07) is -0.535. The van der Waals surface area contributed by atoms with Gasteiger partial charge in [0.15, 0.2) is 0 Å². The topological polar surface area (TPSA) is 83.5 Å². The summed E-state index contributed by atoms with van der Waals surface area (Å²) in [5, 5.41) is 8.49. The Hall–Kier alpha value is -0.620. The van der Waals surface area contributed by atoms with Crippen LogP contribution in [0.15, 0.2) is 0 Å². The SMILES string of the molecule is CC(C)C(CC(=O)O)NS(C)(=O)=O. The van der Waals surface area contributed by atoms with Gasteiger partial charge in [-0.1, -0.05) is 13.8 Å². The highest BCUT2D eigenvalue weighted by atomic mass is 32.2. The van der Waals surface area contributed by atoms with Gasteiger partial charge in [-0.05, 0) is 5.92 Å². The fourth-order valence-corrected chi connectivity index (χ4v) is 1.78. The van der Waals surface area contributed by atoms with Crippen molar-refractivity contribution in [1.82, 2.24) is 4.72 Å². The van der Waals surface area contributed by atoms with E-state index >= 15 is 0 Å². The molecule has 5 nitrogen and oxygen atoms in total. The van der Waals surface area contributed by atoms with Gasteiger partial charge < -0.3 is 5.11 Å². The van der Waals surface area contributed by atoms with Gasteiger partial charge in [0.2, 0.25) is 10.0 Å². The third kappa shape index (κ3) is 6.53. The molecule has 1 atom stereocenters. The first-order valence-corrected chi connectivity index (χ1v) is 5.80. The van der Waals surface area contributed by atoms with Gasteiger partial charge in [-0.3, -0.25) is 4.79 Å². The molecule has 6 heteroatoms. The van der Waals surface area contributed by atoms with Gasteiger partial charge in [0.25, 0.3) is 0 Å². The number of sulfonamides is 1. The fraction of sp³-hybridized carbons (Fsp3) is 0.857. The minimum Gasteiger partial charge on any atom is -0.481 e.